The molecule has 7 heteroatoms. The average molecular weight is 318 g/mol. The lowest BCUT2D eigenvalue weighted by atomic mass is 10.0. The van der Waals surface area contributed by atoms with E-state index >= 15 is 0 Å². The molecular formula is C16H22N4O3. The molecule has 0 amide bonds. The summed E-state index contributed by atoms with van der Waals surface area (Å²) >= 11 is 0. The molecule has 0 unspecified atom stereocenters. The van der Waals surface area contributed by atoms with Gasteiger partial charge in [0.05, 0.1) is 19.8 Å². The van der Waals surface area contributed by atoms with E-state index in [2.05, 4.69) is 21.1 Å². The van der Waals surface area contributed by atoms with E-state index in [0.29, 0.717) is 31.3 Å². The van der Waals surface area contributed by atoms with Crippen LogP contribution in [0.4, 0.5) is 5.95 Å². The fraction of sp³-hybridized carbons (Fsp3) is 0.500. The standard InChI is InChI=1S/C16H22N4O3/c1-19(2)16-17-15(23-18-16)10-20-9-12(21)8-14(20)11-5-4-6-13(7-11)22-3/h4-7,12,14,21H,8-10H2,1-3H3/t12-,14+/m0/s1. The molecule has 23 heavy (non-hydrogen) atoms. The number of likely N-dealkylation sites (tertiary alicyclic amines) is 1. The van der Waals surface area contributed by atoms with Crippen molar-refractivity contribution in [3.05, 3.63) is 35.7 Å². The first kappa shape index (κ1) is 15.8. The smallest absolute Gasteiger partial charge is 0.265 e. The Morgan fingerprint density at radius 3 is 2.96 bits per heavy atom. The molecule has 1 aliphatic rings. The minimum Gasteiger partial charge on any atom is -0.497 e. The number of hydrogen-bond donors (Lipinski definition) is 1. The molecule has 1 aliphatic heterocycles. The van der Waals surface area contributed by atoms with Crippen LogP contribution in [0.2, 0.25) is 0 Å². The van der Waals surface area contributed by atoms with E-state index in [1.54, 1.807) is 12.0 Å². The number of β-amino-alcohol motifs (C(OH)–C–C–N with tert-alkyl or cyclic N) is 1. The highest BCUT2D eigenvalue weighted by Gasteiger charge is 2.33. The maximum Gasteiger partial charge on any atom is 0.265 e. The Bertz CT molecular complexity index is 658. The Kier molecular flexibility index (Phi) is 4.49. The van der Waals surface area contributed by atoms with E-state index in [0.717, 1.165) is 11.3 Å². The first-order chi connectivity index (χ1) is 11.1. The van der Waals surface area contributed by atoms with Crippen molar-refractivity contribution in [3.8, 4) is 5.75 Å². The van der Waals surface area contributed by atoms with Gasteiger partial charge in [-0.15, -0.1) is 0 Å². The number of ether oxygens (including phenoxy) is 1. The van der Waals surface area contributed by atoms with Crippen molar-refractivity contribution >= 4 is 5.95 Å². The summed E-state index contributed by atoms with van der Waals surface area (Å²) in [5.74, 6) is 1.92. The quantitative estimate of drug-likeness (QED) is 0.894. The maximum atomic E-state index is 10.1. The monoisotopic (exact) mass is 318 g/mol. The van der Waals surface area contributed by atoms with Crippen molar-refractivity contribution in [2.45, 2.75) is 25.1 Å². The molecule has 0 aliphatic carbocycles. The minimum atomic E-state index is -0.359. The molecule has 1 aromatic carbocycles. The van der Waals surface area contributed by atoms with E-state index in [-0.39, 0.29) is 12.1 Å². The predicted molar refractivity (Wildman–Crippen MR) is 85.4 cm³/mol. The minimum absolute atomic E-state index is 0.106. The SMILES string of the molecule is COc1cccc([C@H]2C[C@H](O)CN2Cc2nc(N(C)C)no2)c1. The van der Waals surface area contributed by atoms with Crippen molar-refractivity contribution in [3.63, 3.8) is 0 Å². The first-order valence-electron chi connectivity index (χ1n) is 7.63. The Labute approximate surface area is 135 Å². The summed E-state index contributed by atoms with van der Waals surface area (Å²) in [7, 11) is 5.39. The summed E-state index contributed by atoms with van der Waals surface area (Å²) in [6, 6.07) is 8.05. The lowest BCUT2D eigenvalue weighted by Gasteiger charge is -2.23. The van der Waals surface area contributed by atoms with Crippen LogP contribution in [0.3, 0.4) is 0 Å². The fourth-order valence-corrected chi connectivity index (χ4v) is 2.92. The summed E-state index contributed by atoms with van der Waals surface area (Å²) in [6.45, 7) is 1.10. The van der Waals surface area contributed by atoms with Gasteiger partial charge in [-0.1, -0.05) is 12.1 Å². The van der Waals surface area contributed by atoms with Crippen molar-refractivity contribution in [1.29, 1.82) is 0 Å². The molecule has 3 rings (SSSR count). The van der Waals surface area contributed by atoms with E-state index in [1.807, 2.05) is 32.3 Å². The van der Waals surface area contributed by atoms with Crippen LogP contribution in [0.15, 0.2) is 28.8 Å². The Morgan fingerprint density at radius 1 is 1.43 bits per heavy atom. The number of rotatable bonds is 5. The van der Waals surface area contributed by atoms with Gasteiger partial charge >= 0.3 is 0 Å². The molecule has 0 radical (unpaired) electrons. The van der Waals surface area contributed by atoms with Gasteiger partial charge in [0.25, 0.3) is 5.95 Å². The van der Waals surface area contributed by atoms with E-state index < -0.39 is 0 Å². The zero-order valence-corrected chi connectivity index (χ0v) is 13.6. The topological polar surface area (TPSA) is 74.9 Å². The fourth-order valence-electron chi connectivity index (χ4n) is 2.92. The third-order valence-electron chi connectivity index (χ3n) is 4.06. The Morgan fingerprint density at radius 2 is 2.26 bits per heavy atom. The molecule has 124 valence electrons. The molecule has 2 heterocycles. The molecular weight excluding hydrogens is 296 g/mol. The van der Waals surface area contributed by atoms with Crippen LogP contribution in [-0.4, -0.2) is 54.0 Å². The molecule has 2 atom stereocenters. The largest absolute Gasteiger partial charge is 0.497 e. The summed E-state index contributed by atoms with van der Waals surface area (Å²) in [5.41, 5.74) is 1.12. The van der Waals surface area contributed by atoms with Gasteiger partial charge in [0.1, 0.15) is 5.75 Å². The Hall–Kier alpha value is -2.12. The van der Waals surface area contributed by atoms with Crippen LogP contribution in [0.5, 0.6) is 5.75 Å². The van der Waals surface area contributed by atoms with Gasteiger partial charge in [0, 0.05) is 26.7 Å². The summed E-state index contributed by atoms with van der Waals surface area (Å²) < 4.78 is 10.6. The number of aromatic nitrogens is 2. The van der Waals surface area contributed by atoms with Crippen molar-refractivity contribution in [2.24, 2.45) is 0 Å². The zero-order chi connectivity index (χ0) is 16.4. The van der Waals surface area contributed by atoms with E-state index in [9.17, 15) is 5.11 Å². The highest BCUT2D eigenvalue weighted by molar-refractivity contribution is 5.31. The molecule has 1 saturated heterocycles. The van der Waals surface area contributed by atoms with Crippen LogP contribution in [0.25, 0.3) is 0 Å². The predicted octanol–water partition coefficient (Wildman–Crippen LogP) is 1.45. The second kappa shape index (κ2) is 6.55. The number of benzene rings is 1. The van der Waals surface area contributed by atoms with Gasteiger partial charge in [0.15, 0.2) is 0 Å². The summed E-state index contributed by atoms with van der Waals surface area (Å²) in [6.07, 6.45) is 0.324. The lowest BCUT2D eigenvalue weighted by molar-refractivity contribution is 0.164. The van der Waals surface area contributed by atoms with Crippen molar-refractivity contribution in [1.82, 2.24) is 15.0 Å². The molecule has 2 aromatic rings. The second-order valence-corrected chi connectivity index (χ2v) is 5.99. The number of methoxy groups -OCH3 is 1. The van der Waals surface area contributed by atoms with Crippen LogP contribution >= 0.6 is 0 Å². The maximum absolute atomic E-state index is 10.1. The highest BCUT2D eigenvalue weighted by Crippen LogP contribution is 2.34. The zero-order valence-electron chi connectivity index (χ0n) is 13.6. The van der Waals surface area contributed by atoms with Gasteiger partial charge in [-0.05, 0) is 29.3 Å². The van der Waals surface area contributed by atoms with Crippen molar-refractivity contribution in [2.75, 3.05) is 32.6 Å². The Balaban J connectivity index is 1.78. The molecule has 7 nitrogen and oxygen atoms in total. The average Bonchev–Trinajstić information content (AvgIpc) is 3.14. The van der Waals surface area contributed by atoms with Crippen LogP contribution < -0.4 is 9.64 Å². The number of anilines is 1. The molecule has 0 bridgehead atoms. The van der Waals surface area contributed by atoms with E-state index in [4.69, 9.17) is 9.26 Å². The molecule has 0 saturated carbocycles. The summed E-state index contributed by atoms with van der Waals surface area (Å²) in [4.78, 5) is 8.32. The highest BCUT2D eigenvalue weighted by atomic mass is 16.5. The lowest BCUT2D eigenvalue weighted by Crippen LogP contribution is -2.24. The number of aliphatic hydroxyl groups excluding tert-OH is 1. The van der Waals surface area contributed by atoms with Gasteiger partial charge < -0.3 is 19.3 Å². The van der Waals surface area contributed by atoms with Gasteiger partial charge in [-0.2, -0.15) is 4.98 Å². The van der Waals surface area contributed by atoms with Crippen LogP contribution in [-0.2, 0) is 6.54 Å². The molecule has 1 N–H and O–H groups in total. The van der Waals surface area contributed by atoms with Gasteiger partial charge in [0.2, 0.25) is 5.89 Å². The van der Waals surface area contributed by atoms with Crippen molar-refractivity contribution < 1.29 is 14.4 Å². The number of nitrogens with zero attached hydrogens (tertiary/aromatic N) is 4. The molecule has 0 spiro atoms. The number of aliphatic hydroxyl groups is 1. The molecule has 1 aromatic heterocycles. The normalized spacial score (nSPS) is 21.6. The van der Waals surface area contributed by atoms with Gasteiger partial charge in [-0.25, -0.2) is 0 Å². The first-order valence-corrected chi connectivity index (χ1v) is 7.63. The van der Waals surface area contributed by atoms with Crippen LogP contribution in [0.1, 0.15) is 23.9 Å². The molecule has 1 fully saturated rings. The number of hydrogen-bond acceptors (Lipinski definition) is 7. The summed E-state index contributed by atoms with van der Waals surface area (Å²) in [5, 5.41) is 14.0. The van der Waals surface area contributed by atoms with Gasteiger partial charge in [-0.3, -0.25) is 4.90 Å². The van der Waals surface area contributed by atoms with Crippen LogP contribution in [0, 0.1) is 0 Å². The van der Waals surface area contributed by atoms with E-state index in [1.165, 1.54) is 0 Å². The second-order valence-electron chi connectivity index (χ2n) is 5.99. The third-order valence-corrected chi connectivity index (χ3v) is 4.06. The third kappa shape index (κ3) is 3.46.